The first kappa shape index (κ1) is 14.6. The standard InChI is InChI=1S/C15H15BrN4S/c1-10(17)8-11-9-12(16)5-6-13(11)21-15-19-18-14-4-2-3-7-20(14)15/h2-7,9-10H,8,17H2,1H3. The number of rotatable bonds is 4. The van der Waals surface area contributed by atoms with Crippen molar-refractivity contribution in [2.75, 3.05) is 0 Å². The van der Waals surface area contributed by atoms with Crippen LogP contribution in [0, 0.1) is 0 Å². The SMILES string of the molecule is CC(N)Cc1cc(Br)ccc1Sc1nnc2ccccn12. The molecule has 1 unspecified atom stereocenters. The van der Waals surface area contributed by atoms with E-state index in [2.05, 4.69) is 38.3 Å². The highest BCUT2D eigenvalue weighted by atomic mass is 79.9. The number of pyridine rings is 1. The van der Waals surface area contributed by atoms with Crippen LogP contribution in [-0.4, -0.2) is 20.6 Å². The lowest BCUT2D eigenvalue weighted by atomic mass is 10.1. The molecule has 0 fully saturated rings. The average molecular weight is 363 g/mol. The van der Waals surface area contributed by atoms with Gasteiger partial charge in [-0.2, -0.15) is 0 Å². The molecule has 0 spiro atoms. The van der Waals surface area contributed by atoms with Gasteiger partial charge in [-0.05, 0) is 61.0 Å². The Labute approximate surface area is 135 Å². The van der Waals surface area contributed by atoms with Gasteiger partial charge in [0, 0.05) is 21.6 Å². The fourth-order valence-electron chi connectivity index (χ4n) is 2.14. The van der Waals surface area contributed by atoms with Gasteiger partial charge in [0.2, 0.25) is 0 Å². The van der Waals surface area contributed by atoms with Crippen molar-refractivity contribution in [2.24, 2.45) is 5.73 Å². The number of hydrogen-bond donors (Lipinski definition) is 1. The van der Waals surface area contributed by atoms with Crippen molar-refractivity contribution >= 4 is 33.3 Å². The lowest BCUT2D eigenvalue weighted by molar-refractivity contribution is 0.728. The summed E-state index contributed by atoms with van der Waals surface area (Å²) in [6.45, 7) is 2.02. The molecule has 0 bridgehead atoms. The van der Waals surface area contributed by atoms with Gasteiger partial charge in [-0.25, -0.2) is 0 Å². The highest BCUT2D eigenvalue weighted by molar-refractivity contribution is 9.10. The van der Waals surface area contributed by atoms with E-state index in [1.165, 1.54) is 5.56 Å². The van der Waals surface area contributed by atoms with Crippen LogP contribution in [0.2, 0.25) is 0 Å². The molecule has 6 heteroatoms. The van der Waals surface area contributed by atoms with Crippen LogP contribution in [0.3, 0.4) is 0 Å². The molecular weight excluding hydrogens is 348 g/mol. The van der Waals surface area contributed by atoms with E-state index in [-0.39, 0.29) is 6.04 Å². The summed E-state index contributed by atoms with van der Waals surface area (Å²) in [7, 11) is 0. The van der Waals surface area contributed by atoms with Crippen molar-refractivity contribution < 1.29 is 0 Å². The van der Waals surface area contributed by atoms with Crippen molar-refractivity contribution in [3.05, 3.63) is 52.6 Å². The Morgan fingerprint density at radius 3 is 2.95 bits per heavy atom. The van der Waals surface area contributed by atoms with E-state index in [0.29, 0.717) is 0 Å². The Hall–Kier alpha value is -1.37. The van der Waals surface area contributed by atoms with Crippen LogP contribution in [0.5, 0.6) is 0 Å². The van der Waals surface area contributed by atoms with Crippen molar-refractivity contribution in [3.8, 4) is 0 Å². The highest BCUT2D eigenvalue weighted by Crippen LogP contribution is 2.31. The Balaban J connectivity index is 1.97. The summed E-state index contributed by atoms with van der Waals surface area (Å²) in [5, 5.41) is 9.31. The van der Waals surface area contributed by atoms with Crippen molar-refractivity contribution in [3.63, 3.8) is 0 Å². The maximum absolute atomic E-state index is 5.95. The quantitative estimate of drug-likeness (QED) is 0.771. The summed E-state index contributed by atoms with van der Waals surface area (Å²) in [6, 6.07) is 12.3. The van der Waals surface area contributed by atoms with Crippen LogP contribution in [0.15, 0.2) is 57.1 Å². The molecule has 4 nitrogen and oxygen atoms in total. The third-order valence-corrected chi connectivity index (χ3v) is 4.62. The molecular formula is C15H15BrN4S. The van der Waals surface area contributed by atoms with E-state index in [4.69, 9.17) is 5.73 Å². The monoisotopic (exact) mass is 362 g/mol. The predicted octanol–water partition coefficient (Wildman–Crippen LogP) is 3.53. The number of fused-ring (bicyclic) bond motifs is 1. The van der Waals surface area contributed by atoms with Crippen LogP contribution in [-0.2, 0) is 6.42 Å². The third kappa shape index (κ3) is 3.28. The van der Waals surface area contributed by atoms with Gasteiger partial charge in [-0.1, -0.05) is 22.0 Å². The molecule has 0 aliphatic carbocycles. The molecule has 0 saturated heterocycles. The van der Waals surface area contributed by atoms with Crippen molar-refractivity contribution in [1.29, 1.82) is 0 Å². The first-order chi connectivity index (χ1) is 10.1. The normalized spacial score (nSPS) is 12.7. The molecule has 3 aromatic rings. The maximum Gasteiger partial charge on any atom is 0.200 e. The third-order valence-electron chi connectivity index (χ3n) is 3.05. The summed E-state index contributed by atoms with van der Waals surface area (Å²) in [5.41, 5.74) is 8.02. The van der Waals surface area contributed by atoms with Gasteiger partial charge in [0.05, 0.1) is 0 Å². The number of halogens is 1. The van der Waals surface area contributed by atoms with Gasteiger partial charge in [0.1, 0.15) is 0 Å². The van der Waals surface area contributed by atoms with Crippen LogP contribution in [0.25, 0.3) is 5.65 Å². The minimum Gasteiger partial charge on any atom is -0.328 e. The van der Waals surface area contributed by atoms with Crippen molar-refractivity contribution in [2.45, 2.75) is 29.4 Å². The largest absolute Gasteiger partial charge is 0.328 e. The molecule has 0 radical (unpaired) electrons. The topological polar surface area (TPSA) is 56.2 Å². The summed E-state index contributed by atoms with van der Waals surface area (Å²) >= 11 is 5.13. The average Bonchev–Trinajstić information content (AvgIpc) is 2.85. The lowest BCUT2D eigenvalue weighted by Crippen LogP contribution is -2.18. The first-order valence-corrected chi connectivity index (χ1v) is 8.26. The zero-order valence-corrected chi connectivity index (χ0v) is 13.9. The van der Waals surface area contributed by atoms with Gasteiger partial charge in [-0.3, -0.25) is 4.40 Å². The second-order valence-corrected chi connectivity index (χ2v) is 6.87. The minimum atomic E-state index is 0.119. The van der Waals surface area contributed by atoms with Gasteiger partial charge in [0.25, 0.3) is 0 Å². The van der Waals surface area contributed by atoms with E-state index >= 15 is 0 Å². The van der Waals surface area contributed by atoms with Gasteiger partial charge in [0.15, 0.2) is 10.8 Å². The fourth-order valence-corrected chi connectivity index (χ4v) is 3.49. The molecule has 2 N–H and O–H groups in total. The molecule has 0 amide bonds. The first-order valence-electron chi connectivity index (χ1n) is 6.65. The molecule has 1 atom stereocenters. The molecule has 21 heavy (non-hydrogen) atoms. The van der Waals surface area contributed by atoms with Crippen molar-refractivity contribution in [1.82, 2.24) is 14.6 Å². The zero-order chi connectivity index (χ0) is 14.8. The smallest absolute Gasteiger partial charge is 0.200 e. The molecule has 3 rings (SSSR count). The van der Waals surface area contributed by atoms with E-state index < -0.39 is 0 Å². The fraction of sp³-hybridized carbons (Fsp3) is 0.200. The minimum absolute atomic E-state index is 0.119. The van der Waals surface area contributed by atoms with Crippen LogP contribution < -0.4 is 5.73 Å². The summed E-state index contributed by atoms with van der Waals surface area (Å²) in [6.07, 6.45) is 2.81. The van der Waals surface area contributed by atoms with Gasteiger partial charge >= 0.3 is 0 Å². The molecule has 0 aliphatic rings. The highest BCUT2D eigenvalue weighted by Gasteiger charge is 2.11. The van der Waals surface area contributed by atoms with Crippen LogP contribution in [0.4, 0.5) is 0 Å². The molecule has 1 aromatic carbocycles. The predicted molar refractivity (Wildman–Crippen MR) is 88.6 cm³/mol. The summed E-state index contributed by atoms with van der Waals surface area (Å²) in [5.74, 6) is 0. The molecule has 2 heterocycles. The number of benzene rings is 1. The molecule has 108 valence electrons. The number of aromatic nitrogens is 3. The number of nitrogens with two attached hydrogens (primary N) is 1. The Bertz CT molecular complexity index is 769. The second-order valence-electron chi connectivity index (χ2n) is 4.95. The second kappa shape index (κ2) is 6.17. The molecule has 0 aliphatic heterocycles. The maximum atomic E-state index is 5.95. The Morgan fingerprint density at radius 1 is 1.29 bits per heavy atom. The van der Waals surface area contributed by atoms with Gasteiger partial charge < -0.3 is 5.73 Å². The van der Waals surface area contributed by atoms with Gasteiger partial charge in [-0.15, -0.1) is 10.2 Å². The molecule has 2 aromatic heterocycles. The van der Waals surface area contributed by atoms with E-state index in [9.17, 15) is 0 Å². The van der Waals surface area contributed by atoms with E-state index in [1.54, 1.807) is 11.8 Å². The zero-order valence-electron chi connectivity index (χ0n) is 11.5. The number of nitrogens with zero attached hydrogens (tertiary/aromatic N) is 3. The lowest BCUT2D eigenvalue weighted by Gasteiger charge is -2.11. The van der Waals surface area contributed by atoms with Crippen LogP contribution >= 0.6 is 27.7 Å². The Morgan fingerprint density at radius 2 is 2.14 bits per heavy atom. The summed E-state index contributed by atoms with van der Waals surface area (Å²) < 4.78 is 3.05. The number of hydrogen-bond acceptors (Lipinski definition) is 4. The van der Waals surface area contributed by atoms with E-state index in [0.717, 1.165) is 26.6 Å². The summed E-state index contributed by atoms with van der Waals surface area (Å²) in [4.78, 5) is 1.16. The van der Waals surface area contributed by atoms with E-state index in [1.807, 2.05) is 41.8 Å². The Kier molecular flexibility index (Phi) is 4.28. The van der Waals surface area contributed by atoms with Crippen LogP contribution in [0.1, 0.15) is 12.5 Å². The molecule has 0 saturated carbocycles.